The lowest BCUT2D eigenvalue weighted by Gasteiger charge is -2.06. The fourth-order valence-corrected chi connectivity index (χ4v) is 3.38. The average molecular weight is 286 g/mol. The van der Waals surface area contributed by atoms with E-state index in [9.17, 15) is 9.59 Å². The van der Waals surface area contributed by atoms with Crippen LogP contribution in [0.2, 0.25) is 0 Å². The molecular weight excluding hydrogens is 272 g/mol. The third-order valence-electron chi connectivity index (χ3n) is 4.43. The van der Waals surface area contributed by atoms with Gasteiger partial charge in [0.05, 0.1) is 0 Å². The van der Waals surface area contributed by atoms with Crippen molar-refractivity contribution in [1.29, 1.82) is 0 Å². The number of benzene rings is 3. The van der Waals surface area contributed by atoms with Crippen molar-refractivity contribution in [2.24, 2.45) is 0 Å². The molecule has 2 heteroatoms. The van der Waals surface area contributed by atoms with Gasteiger partial charge in [-0.3, -0.25) is 9.59 Å². The number of fused-ring (bicyclic) bond motifs is 3. The second kappa shape index (κ2) is 4.38. The normalized spacial score (nSPS) is 11.5. The summed E-state index contributed by atoms with van der Waals surface area (Å²) in [5.74, 6) is 0.138. The molecule has 0 saturated carbocycles. The molecule has 1 aliphatic rings. The molecule has 0 fully saturated rings. The summed E-state index contributed by atoms with van der Waals surface area (Å²) in [5.41, 5.74) is 5.92. The van der Waals surface area contributed by atoms with E-state index in [0.717, 1.165) is 44.2 Å². The molecule has 106 valence electrons. The molecule has 22 heavy (non-hydrogen) atoms. The van der Waals surface area contributed by atoms with E-state index in [1.54, 1.807) is 13.8 Å². The van der Waals surface area contributed by atoms with Crippen LogP contribution >= 0.6 is 0 Å². The van der Waals surface area contributed by atoms with Gasteiger partial charge in [-0.25, -0.2) is 0 Å². The SMILES string of the molecule is CC(=O)c1ccc2c(c1)-c1ccc(C(C)=O)c3cccc-2c13. The molecule has 0 aliphatic heterocycles. The van der Waals surface area contributed by atoms with Crippen molar-refractivity contribution in [3.63, 3.8) is 0 Å². The third-order valence-corrected chi connectivity index (χ3v) is 4.43. The van der Waals surface area contributed by atoms with Crippen LogP contribution in [0.1, 0.15) is 34.6 Å². The van der Waals surface area contributed by atoms with Crippen LogP contribution in [-0.4, -0.2) is 11.6 Å². The summed E-state index contributed by atoms with van der Waals surface area (Å²) in [5, 5.41) is 2.11. The number of hydrogen-bond acceptors (Lipinski definition) is 2. The van der Waals surface area contributed by atoms with Crippen LogP contribution in [0, 0.1) is 0 Å². The Morgan fingerprint density at radius 1 is 0.727 bits per heavy atom. The van der Waals surface area contributed by atoms with Gasteiger partial charge in [0.15, 0.2) is 11.6 Å². The highest BCUT2D eigenvalue weighted by Gasteiger charge is 2.23. The van der Waals surface area contributed by atoms with Crippen LogP contribution in [0.3, 0.4) is 0 Å². The zero-order valence-electron chi connectivity index (χ0n) is 12.4. The summed E-state index contributed by atoms with van der Waals surface area (Å²) in [4.78, 5) is 23.5. The fourth-order valence-electron chi connectivity index (χ4n) is 3.38. The van der Waals surface area contributed by atoms with Gasteiger partial charge < -0.3 is 0 Å². The molecule has 0 heterocycles. The van der Waals surface area contributed by atoms with Gasteiger partial charge in [0.2, 0.25) is 0 Å². The first-order valence-electron chi connectivity index (χ1n) is 7.30. The van der Waals surface area contributed by atoms with Crippen LogP contribution in [0.5, 0.6) is 0 Å². The standard InChI is InChI=1S/C20H14O2/c1-11(21)13-6-7-15-17-5-3-4-16-14(12(2)22)8-9-18(20(16)17)19(15)10-13/h3-10H,1-2H3. The van der Waals surface area contributed by atoms with E-state index in [1.165, 1.54) is 0 Å². The zero-order valence-corrected chi connectivity index (χ0v) is 12.4. The molecular formula is C20H14O2. The molecule has 0 saturated heterocycles. The van der Waals surface area contributed by atoms with Crippen molar-refractivity contribution in [1.82, 2.24) is 0 Å². The minimum absolute atomic E-state index is 0.0651. The largest absolute Gasteiger partial charge is 0.295 e. The lowest BCUT2D eigenvalue weighted by Crippen LogP contribution is -1.94. The number of rotatable bonds is 2. The molecule has 3 aromatic rings. The van der Waals surface area contributed by atoms with E-state index in [-0.39, 0.29) is 11.6 Å². The highest BCUT2D eigenvalue weighted by molar-refractivity contribution is 6.20. The molecule has 0 spiro atoms. The van der Waals surface area contributed by atoms with Gasteiger partial charge in [-0.05, 0) is 52.9 Å². The van der Waals surface area contributed by atoms with Crippen molar-refractivity contribution in [2.45, 2.75) is 13.8 Å². The molecule has 0 amide bonds. The Labute approximate surface area is 128 Å². The first-order chi connectivity index (χ1) is 10.6. The second-order valence-electron chi connectivity index (χ2n) is 5.76. The molecule has 3 aromatic carbocycles. The van der Waals surface area contributed by atoms with E-state index in [1.807, 2.05) is 42.5 Å². The van der Waals surface area contributed by atoms with Crippen molar-refractivity contribution >= 4 is 22.3 Å². The van der Waals surface area contributed by atoms with Gasteiger partial charge in [-0.2, -0.15) is 0 Å². The Hall–Kier alpha value is -2.74. The average Bonchev–Trinajstić information content (AvgIpc) is 2.83. The monoisotopic (exact) mass is 286 g/mol. The highest BCUT2D eigenvalue weighted by atomic mass is 16.1. The van der Waals surface area contributed by atoms with Gasteiger partial charge >= 0.3 is 0 Å². The predicted molar refractivity (Wildman–Crippen MR) is 88.4 cm³/mol. The van der Waals surface area contributed by atoms with Gasteiger partial charge in [-0.1, -0.05) is 42.5 Å². The van der Waals surface area contributed by atoms with E-state index < -0.39 is 0 Å². The molecule has 0 bridgehead atoms. The van der Waals surface area contributed by atoms with Gasteiger partial charge in [0.25, 0.3) is 0 Å². The smallest absolute Gasteiger partial charge is 0.160 e. The summed E-state index contributed by atoms with van der Waals surface area (Å²) in [6.07, 6.45) is 0. The Morgan fingerprint density at radius 3 is 2.18 bits per heavy atom. The van der Waals surface area contributed by atoms with Gasteiger partial charge in [0, 0.05) is 11.1 Å². The van der Waals surface area contributed by atoms with Crippen LogP contribution in [0.25, 0.3) is 33.0 Å². The highest BCUT2D eigenvalue weighted by Crippen LogP contribution is 2.48. The van der Waals surface area contributed by atoms with Gasteiger partial charge in [0.1, 0.15) is 0 Å². The van der Waals surface area contributed by atoms with Crippen LogP contribution in [0.4, 0.5) is 0 Å². The van der Waals surface area contributed by atoms with Crippen molar-refractivity contribution < 1.29 is 9.59 Å². The Bertz CT molecular complexity index is 980. The Kier molecular flexibility index (Phi) is 2.58. The number of ketones is 2. The first-order valence-corrected chi connectivity index (χ1v) is 7.30. The maximum Gasteiger partial charge on any atom is 0.160 e. The van der Waals surface area contributed by atoms with E-state index in [4.69, 9.17) is 0 Å². The quantitative estimate of drug-likeness (QED) is 0.491. The lowest BCUT2D eigenvalue weighted by molar-refractivity contribution is 0.101. The lowest BCUT2D eigenvalue weighted by atomic mass is 9.97. The number of carbonyl (C=O) groups is 2. The molecule has 1 aliphatic carbocycles. The molecule has 0 aromatic heterocycles. The Balaban J connectivity index is 2.12. The topological polar surface area (TPSA) is 34.1 Å². The molecule has 4 rings (SSSR count). The second-order valence-corrected chi connectivity index (χ2v) is 5.76. The number of Topliss-reactive ketones (excluding diaryl/α,β-unsaturated/α-hetero) is 2. The predicted octanol–water partition coefficient (Wildman–Crippen LogP) is 4.89. The molecule has 0 unspecified atom stereocenters. The minimum atomic E-state index is 0.0651. The van der Waals surface area contributed by atoms with Crippen LogP contribution < -0.4 is 0 Å². The van der Waals surface area contributed by atoms with Crippen molar-refractivity contribution in [3.8, 4) is 22.3 Å². The summed E-state index contributed by atoms with van der Waals surface area (Å²) in [6, 6.07) is 15.8. The van der Waals surface area contributed by atoms with Crippen LogP contribution in [0.15, 0.2) is 48.5 Å². The van der Waals surface area contributed by atoms with E-state index >= 15 is 0 Å². The fraction of sp³-hybridized carbons (Fsp3) is 0.100. The Morgan fingerprint density at radius 2 is 1.45 bits per heavy atom. The maximum atomic E-state index is 11.9. The first kappa shape index (κ1) is 13.0. The van der Waals surface area contributed by atoms with Crippen molar-refractivity contribution in [3.05, 3.63) is 59.7 Å². The maximum absolute atomic E-state index is 11.9. The van der Waals surface area contributed by atoms with Crippen molar-refractivity contribution in [2.75, 3.05) is 0 Å². The molecule has 2 nitrogen and oxygen atoms in total. The van der Waals surface area contributed by atoms with Gasteiger partial charge in [-0.15, -0.1) is 0 Å². The molecule has 0 N–H and O–H groups in total. The third kappa shape index (κ3) is 1.61. The summed E-state index contributed by atoms with van der Waals surface area (Å²) < 4.78 is 0. The number of hydrogen-bond donors (Lipinski definition) is 0. The zero-order chi connectivity index (χ0) is 15.4. The molecule has 0 radical (unpaired) electrons. The van der Waals surface area contributed by atoms with Crippen LogP contribution in [-0.2, 0) is 0 Å². The van der Waals surface area contributed by atoms with E-state index in [0.29, 0.717) is 0 Å². The summed E-state index contributed by atoms with van der Waals surface area (Å²) in [7, 11) is 0. The summed E-state index contributed by atoms with van der Waals surface area (Å²) >= 11 is 0. The summed E-state index contributed by atoms with van der Waals surface area (Å²) in [6.45, 7) is 3.18. The minimum Gasteiger partial charge on any atom is -0.295 e. The number of carbonyl (C=O) groups excluding carboxylic acids is 2. The van der Waals surface area contributed by atoms with E-state index in [2.05, 4.69) is 6.07 Å². The molecule has 0 atom stereocenters.